The van der Waals surface area contributed by atoms with E-state index in [1.807, 2.05) is 97.1 Å². The number of carbonyl (C=O) groups is 2. The highest BCUT2D eigenvalue weighted by Gasteiger charge is 2.52. The van der Waals surface area contributed by atoms with Crippen LogP contribution >= 0.6 is 0 Å². The molecule has 0 bridgehead atoms. The highest BCUT2D eigenvalue weighted by Crippen LogP contribution is 2.46. The summed E-state index contributed by atoms with van der Waals surface area (Å²) in [6.07, 6.45) is 40.2. The van der Waals surface area contributed by atoms with Gasteiger partial charge in [-0.25, -0.2) is 9.59 Å². The van der Waals surface area contributed by atoms with Gasteiger partial charge in [0.15, 0.2) is 0 Å². The van der Waals surface area contributed by atoms with Crippen molar-refractivity contribution in [3.8, 4) is 0 Å². The molecule has 5 aromatic rings. The standard InChI is InChI=1S/C65H92N6O4/c1-3-5-7-9-11-13-15-17-19-21-23-25-27-29-31-38-51-74-63(72)65(64(73)75-52-39-32-30-28-26-24-22-20-18-16-14-12-10-8-6-4-2)66-57-46-40-42-54-48-50-59(62(67-65)60(54)57)70-69-58-49-47-53-41-36-37-45-56(53)61(58)71-68-55-43-34-33-35-44-55/h33-37,40-50,66-67H,3-32,38-39,51-52H2,1-2H3/b70-69+,71-68+. The van der Waals surface area contributed by atoms with E-state index in [1.165, 1.54) is 167 Å². The summed E-state index contributed by atoms with van der Waals surface area (Å²) in [4.78, 5) is 29.1. The van der Waals surface area contributed by atoms with E-state index >= 15 is 0 Å². The first-order chi connectivity index (χ1) is 37.0. The smallest absolute Gasteiger partial charge is 0.365 e. The minimum Gasteiger partial charge on any atom is -0.462 e. The third-order valence-electron chi connectivity index (χ3n) is 14.9. The van der Waals surface area contributed by atoms with Crippen LogP contribution in [0.4, 0.5) is 34.1 Å². The van der Waals surface area contributed by atoms with Crippen molar-refractivity contribution in [1.82, 2.24) is 0 Å². The highest BCUT2D eigenvalue weighted by atomic mass is 16.6. The molecule has 5 aromatic carbocycles. The molecule has 0 amide bonds. The molecule has 0 saturated carbocycles. The Morgan fingerprint density at radius 3 is 1.35 bits per heavy atom. The average Bonchev–Trinajstić information content (AvgIpc) is 3.44. The molecule has 0 radical (unpaired) electrons. The molecule has 0 aromatic heterocycles. The van der Waals surface area contributed by atoms with E-state index in [2.05, 4.69) is 29.6 Å². The molecule has 0 fully saturated rings. The largest absolute Gasteiger partial charge is 0.462 e. The predicted molar refractivity (Wildman–Crippen MR) is 314 cm³/mol. The van der Waals surface area contributed by atoms with Crippen LogP contribution in [0.5, 0.6) is 0 Å². The summed E-state index contributed by atoms with van der Waals surface area (Å²) >= 11 is 0. The number of fused-ring (bicyclic) bond motifs is 1. The number of unbranched alkanes of at least 4 members (excludes halogenated alkanes) is 30. The Hall–Kier alpha value is -5.64. The van der Waals surface area contributed by atoms with Gasteiger partial charge in [0, 0.05) is 16.5 Å². The van der Waals surface area contributed by atoms with Gasteiger partial charge in [-0.15, -0.1) is 15.3 Å². The molecule has 2 N–H and O–H groups in total. The van der Waals surface area contributed by atoms with Gasteiger partial charge in [0.25, 0.3) is 0 Å². The Balaban J connectivity index is 1.06. The van der Waals surface area contributed by atoms with Crippen LogP contribution in [0, 0.1) is 0 Å². The molecule has 10 heteroatoms. The van der Waals surface area contributed by atoms with Crippen LogP contribution in [0.3, 0.4) is 0 Å². The number of carbonyl (C=O) groups excluding carboxylic acids is 2. The number of nitrogens with one attached hydrogen (secondary N) is 2. The lowest BCUT2D eigenvalue weighted by Crippen LogP contribution is -2.62. The molecule has 75 heavy (non-hydrogen) atoms. The van der Waals surface area contributed by atoms with E-state index < -0.39 is 17.6 Å². The first-order valence-electron chi connectivity index (χ1n) is 29.9. The van der Waals surface area contributed by atoms with E-state index in [-0.39, 0.29) is 13.2 Å². The predicted octanol–water partition coefficient (Wildman–Crippen LogP) is 21.0. The number of esters is 2. The van der Waals surface area contributed by atoms with E-state index in [4.69, 9.17) is 24.8 Å². The van der Waals surface area contributed by atoms with Gasteiger partial charge in [-0.3, -0.25) is 0 Å². The van der Waals surface area contributed by atoms with Crippen molar-refractivity contribution in [2.24, 2.45) is 20.5 Å². The van der Waals surface area contributed by atoms with Crippen molar-refractivity contribution in [1.29, 1.82) is 0 Å². The van der Waals surface area contributed by atoms with E-state index in [9.17, 15) is 9.59 Å². The number of ether oxygens (including phenoxy) is 2. The lowest BCUT2D eigenvalue weighted by Gasteiger charge is -2.37. The summed E-state index contributed by atoms with van der Waals surface area (Å²) in [6, 6.07) is 31.1. The SMILES string of the molecule is CCCCCCCCCCCCCCCCCCOC(=O)C1(C(=O)OCCCCCCCCCCCCCCCCCC)Nc2cccc3ccc(/N=N/c4ccc5ccccc5c4/N=N/c4ccccc4)c(c23)N1. The number of benzene rings is 5. The fraction of sp³-hybridized carbons (Fsp3) is 0.569. The summed E-state index contributed by atoms with van der Waals surface area (Å²) in [5.41, 5.74) is 1.29. The van der Waals surface area contributed by atoms with Gasteiger partial charge in [0.05, 0.1) is 24.6 Å². The Morgan fingerprint density at radius 1 is 0.400 bits per heavy atom. The first-order valence-corrected chi connectivity index (χ1v) is 29.9. The highest BCUT2D eigenvalue weighted by molar-refractivity contribution is 6.18. The van der Waals surface area contributed by atoms with Crippen molar-refractivity contribution in [3.05, 3.63) is 97.1 Å². The van der Waals surface area contributed by atoms with Crippen LogP contribution in [0.1, 0.15) is 219 Å². The fourth-order valence-electron chi connectivity index (χ4n) is 10.4. The molecule has 0 atom stereocenters. The molecule has 0 unspecified atom stereocenters. The fourth-order valence-corrected chi connectivity index (χ4v) is 10.4. The maximum atomic E-state index is 14.6. The first kappa shape index (κ1) is 58.6. The maximum absolute atomic E-state index is 14.6. The quantitative estimate of drug-likeness (QED) is 0.0174. The molecule has 6 rings (SSSR count). The topological polar surface area (TPSA) is 126 Å². The Morgan fingerprint density at radius 2 is 0.827 bits per heavy atom. The number of rotatable bonds is 40. The van der Waals surface area contributed by atoms with Crippen molar-refractivity contribution in [2.45, 2.75) is 225 Å². The summed E-state index contributed by atoms with van der Waals surface area (Å²) in [7, 11) is 0. The minimum atomic E-state index is -2.05. The molecule has 0 spiro atoms. The monoisotopic (exact) mass is 1020 g/mol. The summed E-state index contributed by atoms with van der Waals surface area (Å²) in [5, 5.41) is 29.0. The second-order valence-electron chi connectivity index (χ2n) is 21.1. The summed E-state index contributed by atoms with van der Waals surface area (Å²) in [5.74, 6) is -1.46. The molecule has 0 aliphatic carbocycles. The molecular weight excluding hydrogens is 929 g/mol. The zero-order valence-electron chi connectivity index (χ0n) is 46.2. The Bertz CT molecular complexity index is 2420. The average molecular weight is 1020 g/mol. The van der Waals surface area contributed by atoms with Crippen LogP contribution in [-0.4, -0.2) is 30.8 Å². The van der Waals surface area contributed by atoms with Crippen LogP contribution in [-0.2, 0) is 19.1 Å². The maximum Gasteiger partial charge on any atom is 0.365 e. The van der Waals surface area contributed by atoms with Gasteiger partial charge in [0.2, 0.25) is 0 Å². The summed E-state index contributed by atoms with van der Waals surface area (Å²) < 4.78 is 12.0. The second-order valence-corrected chi connectivity index (χ2v) is 21.1. The zero-order chi connectivity index (χ0) is 52.4. The van der Waals surface area contributed by atoms with Gasteiger partial charge in [-0.05, 0) is 53.9 Å². The summed E-state index contributed by atoms with van der Waals surface area (Å²) in [6.45, 7) is 4.96. The third kappa shape index (κ3) is 19.8. The van der Waals surface area contributed by atoms with Gasteiger partial charge in [-0.2, -0.15) is 5.11 Å². The lowest BCUT2D eigenvalue weighted by molar-refractivity contribution is -0.161. The van der Waals surface area contributed by atoms with Crippen LogP contribution < -0.4 is 10.6 Å². The number of azo groups is 2. The van der Waals surface area contributed by atoms with E-state index in [0.29, 0.717) is 28.4 Å². The number of anilines is 2. The van der Waals surface area contributed by atoms with Crippen molar-refractivity contribution in [3.63, 3.8) is 0 Å². The molecule has 1 aliphatic rings. The molecule has 1 heterocycles. The Kier molecular flexibility index (Phi) is 27.2. The number of nitrogens with zero attached hydrogens (tertiary/aromatic N) is 4. The minimum absolute atomic E-state index is 0.204. The molecule has 10 nitrogen and oxygen atoms in total. The van der Waals surface area contributed by atoms with Gasteiger partial charge < -0.3 is 20.1 Å². The van der Waals surface area contributed by atoms with Gasteiger partial charge >= 0.3 is 17.6 Å². The van der Waals surface area contributed by atoms with Crippen molar-refractivity contribution < 1.29 is 19.1 Å². The van der Waals surface area contributed by atoms with Crippen LogP contribution in [0.15, 0.2) is 118 Å². The Labute approximate surface area is 451 Å². The van der Waals surface area contributed by atoms with Gasteiger partial charge in [-0.1, -0.05) is 273 Å². The van der Waals surface area contributed by atoms with Crippen molar-refractivity contribution in [2.75, 3.05) is 23.8 Å². The zero-order valence-corrected chi connectivity index (χ0v) is 46.2. The van der Waals surface area contributed by atoms with Crippen LogP contribution in [0.2, 0.25) is 0 Å². The van der Waals surface area contributed by atoms with E-state index in [0.717, 1.165) is 65.8 Å². The third-order valence-corrected chi connectivity index (χ3v) is 14.9. The van der Waals surface area contributed by atoms with Crippen molar-refractivity contribution >= 4 is 67.6 Å². The molecule has 406 valence electrons. The van der Waals surface area contributed by atoms with Gasteiger partial charge in [0.1, 0.15) is 17.1 Å². The second kappa shape index (κ2) is 34.8. The number of hydrogen-bond acceptors (Lipinski definition) is 10. The molecule has 1 aliphatic heterocycles. The van der Waals surface area contributed by atoms with Crippen LogP contribution in [0.25, 0.3) is 21.5 Å². The lowest BCUT2D eigenvalue weighted by atomic mass is 9.98. The molecule has 0 saturated heterocycles. The number of hydrogen-bond donors (Lipinski definition) is 2. The molecular formula is C65H92N6O4. The van der Waals surface area contributed by atoms with E-state index in [1.54, 1.807) is 0 Å². The normalized spacial score (nSPS) is 12.9.